The molecule has 1 aromatic carbocycles. The third-order valence-corrected chi connectivity index (χ3v) is 5.78. The zero-order valence-corrected chi connectivity index (χ0v) is 15.3. The highest BCUT2D eigenvalue weighted by Crippen LogP contribution is 2.28. The molecule has 3 heterocycles. The summed E-state index contributed by atoms with van der Waals surface area (Å²) in [5.74, 6) is -1.92. The Labute approximate surface area is 156 Å². The average molecular weight is 389 g/mol. The van der Waals surface area contributed by atoms with Crippen molar-refractivity contribution in [3.8, 4) is 0 Å². The van der Waals surface area contributed by atoms with Crippen molar-refractivity contribution in [3.63, 3.8) is 0 Å². The number of carbonyl (C=O) groups is 2. The number of hydrogen-bond acceptors (Lipinski definition) is 5. The lowest BCUT2D eigenvalue weighted by Gasteiger charge is -2.35. The van der Waals surface area contributed by atoms with Gasteiger partial charge in [0.25, 0.3) is 0 Å². The van der Waals surface area contributed by atoms with E-state index in [4.69, 9.17) is 0 Å². The first-order chi connectivity index (χ1) is 12.9. The predicted octanol–water partition coefficient (Wildman–Crippen LogP) is 2.02. The van der Waals surface area contributed by atoms with Crippen LogP contribution in [0.15, 0.2) is 28.5 Å². The minimum absolute atomic E-state index is 0.0126. The Morgan fingerprint density at radius 3 is 2.52 bits per heavy atom. The van der Waals surface area contributed by atoms with E-state index in [1.165, 1.54) is 6.92 Å². The molecule has 1 N–H and O–H groups in total. The number of fused-ring (bicyclic) bond motifs is 3. The molecule has 3 aromatic rings. The van der Waals surface area contributed by atoms with E-state index in [0.29, 0.717) is 42.2 Å². The van der Waals surface area contributed by atoms with Gasteiger partial charge in [0.15, 0.2) is 0 Å². The predicted molar refractivity (Wildman–Crippen MR) is 100 cm³/mol. The Morgan fingerprint density at radius 2 is 1.89 bits per heavy atom. The van der Waals surface area contributed by atoms with Crippen LogP contribution < -0.4 is 10.3 Å². The Morgan fingerprint density at radius 1 is 1.19 bits per heavy atom. The SMILES string of the molecule is CC(=O)N1CCN(c2cc3c(cc2F)c(=O)c(C(=O)O)c2sccn23)CC1. The minimum atomic E-state index is -1.33. The van der Waals surface area contributed by atoms with Gasteiger partial charge in [-0.1, -0.05) is 0 Å². The summed E-state index contributed by atoms with van der Waals surface area (Å²) in [5, 5.41) is 11.1. The number of carboxylic acids is 1. The van der Waals surface area contributed by atoms with Gasteiger partial charge >= 0.3 is 5.97 Å². The number of thiazole rings is 1. The van der Waals surface area contributed by atoms with Gasteiger partial charge < -0.3 is 19.3 Å². The molecule has 4 rings (SSSR count). The van der Waals surface area contributed by atoms with Gasteiger partial charge in [0.05, 0.1) is 16.6 Å². The number of piperazine rings is 1. The number of amides is 1. The Hall–Kier alpha value is -2.94. The lowest BCUT2D eigenvalue weighted by Crippen LogP contribution is -2.48. The first-order valence-corrected chi connectivity index (χ1v) is 9.25. The van der Waals surface area contributed by atoms with E-state index in [-0.39, 0.29) is 16.9 Å². The fourth-order valence-corrected chi connectivity index (χ4v) is 4.39. The molecule has 27 heavy (non-hydrogen) atoms. The lowest BCUT2D eigenvalue weighted by atomic mass is 10.1. The van der Waals surface area contributed by atoms with Gasteiger partial charge in [-0.15, -0.1) is 11.3 Å². The summed E-state index contributed by atoms with van der Waals surface area (Å²) in [6, 6.07) is 2.70. The number of halogens is 1. The van der Waals surface area contributed by atoms with Crippen LogP contribution in [0.3, 0.4) is 0 Å². The smallest absolute Gasteiger partial charge is 0.342 e. The Bertz CT molecular complexity index is 1140. The zero-order chi connectivity index (χ0) is 19.3. The maximum atomic E-state index is 14.8. The number of nitrogens with zero attached hydrogens (tertiary/aromatic N) is 3. The van der Waals surface area contributed by atoms with Crippen LogP contribution in [0, 0.1) is 5.82 Å². The molecule has 140 valence electrons. The molecule has 7 nitrogen and oxygen atoms in total. The van der Waals surface area contributed by atoms with Gasteiger partial charge in [0.1, 0.15) is 16.2 Å². The summed E-state index contributed by atoms with van der Waals surface area (Å²) in [5.41, 5.74) is -0.230. The van der Waals surface area contributed by atoms with E-state index in [1.54, 1.807) is 26.9 Å². The van der Waals surface area contributed by atoms with Gasteiger partial charge in [0, 0.05) is 44.7 Å². The second-order valence-corrected chi connectivity index (χ2v) is 7.30. The second kappa shape index (κ2) is 6.34. The molecular weight excluding hydrogens is 373 g/mol. The molecule has 0 radical (unpaired) electrons. The number of carboxylic acid groups (broad SMARTS) is 1. The largest absolute Gasteiger partial charge is 0.477 e. The third-order valence-electron chi connectivity index (χ3n) is 4.90. The van der Waals surface area contributed by atoms with Gasteiger partial charge in [-0.3, -0.25) is 9.59 Å². The average Bonchev–Trinajstić information content (AvgIpc) is 3.10. The topological polar surface area (TPSA) is 82.3 Å². The van der Waals surface area contributed by atoms with Crippen molar-refractivity contribution in [3.05, 3.63) is 45.3 Å². The quantitative estimate of drug-likeness (QED) is 0.725. The summed E-state index contributed by atoms with van der Waals surface area (Å²) in [6.45, 7) is 3.47. The van der Waals surface area contributed by atoms with Crippen LogP contribution in [-0.2, 0) is 4.79 Å². The fourth-order valence-electron chi connectivity index (χ4n) is 3.51. The summed E-state index contributed by atoms with van der Waals surface area (Å²) < 4.78 is 16.4. The minimum Gasteiger partial charge on any atom is -0.477 e. The number of aromatic carboxylic acids is 1. The van der Waals surface area contributed by atoms with Gasteiger partial charge in [-0.25, -0.2) is 9.18 Å². The number of pyridine rings is 1. The number of hydrogen-bond donors (Lipinski definition) is 1. The number of rotatable bonds is 2. The molecule has 0 unspecified atom stereocenters. The first kappa shape index (κ1) is 17.5. The van der Waals surface area contributed by atoms with Gasteiger partial charge in [-0.05, 0) is 12.1 Å². The number of carbonyl (C=O) groups excluding carboxylic acids is 1. The number of anilines is 1. The van der Waals surface area contributed by atoms with Crippen molar-refractivity contribution < 1.29 is 19.1 Å². The standard InChI is InChI=1S/C18H16FN3O4S/c1-10(23)20-2-4-21(5-3-20)14-9-13-11(8-12(14)19)16(24)15(18(25)26)17-22(13)6-7-27-17/h6-9H,2-5H2,1H3,(H,25,26). The molecule has 1 aliphatic heterocycles. The number of benzene rings is 1. The molecule has 0 spiro atoms. The van der Waals surface area contributed by atoms with Gasteiger partial charge in [-0.2, -0.15) is 0 Å². The molecule has 9 heteroatoms. The molecule has 0 aliphatic carbocycles. The Balaban J connectivity index is 1.87. The van der Waals surface area contributed by atoms with Crippen molar-refractivity contribution in [1.82, 2.24) is 9.30 Å². The van der Waals surface area contributed by atoms with E-state index in [2.05, 4.69) is 0 Å². The van der Waals surface area contributed by atoms with Crippen molar-refractivity contribution in [2.75, 3.05) is 31.1 Å². The van der Waals surface area contributed by atoms with E-state index in [9.17, 15) is 23.9 Å². The molecular formula is C18H16FN3O4S. The highest BCUT2D eigenvalue weighted by atomic mass is 32.1. The van der Waals surface area contributed by atoms with Crippen LogP contribution in [0.2, 0.25) is 0 Å². The summed E-state index contributed by atoms with van der Waals surface area (Å²) in [7, 11) is 0. The van der Waals surface area contributed by atoms with Gasteiger partial charge in [0.2, 0.25) is 11.3 Å². The van der Waals surface area contributed by atoms with Crippen LogP contribution in [0.4, 0.5) is 10.1 Å². The van der Waals surface area contributed by atoms with Crippen molar-refractivity contribution in [2.24, 2.45) is 0 Å². The highest BCUT2D eigenvalue weighted by Gasteiger charge is 2.24. The fraction of sp³-hybridized carbons (Fsp3) is 0.278. The van der Waals surface area contributed by atoms with Crippen LogP contribution in [0.1, 0.15) is 17.3 Å². The monoisotopic (exact) mass is 389 g/mol. The third kappa shape index (κ3) is 2.74. The molecule has 1 amide bonds. The van der Waals surface area contributed by atoms with E-state index in [0.717, 1.165) is 17.4 Å². The highest BCUT2D eigenvalue weighted by molar-refractivity contribution is 7.16. The van der Waals surface area contributed by atoms with E-state index in [1.807, 2.05) is 4.90 Å². The van der Waals surface area contributed by atoms with Crippen LogP contribution in [-0.4, -0.2) is 52.5 Å². The van der Waals surface area contributed by atoms with E-state index < -0.39 is 17.2 Å². The summed E-state index contributed by atoms with van der Waals surface area (Å²) >= 11 is 1.15. The van der Waals surface area contributed by atoms with Crippen LogP contribution in [0.25, 0.3) is 15.7 Å². The molecule has 1 aliphatic rings. The molecule has 0 saturated carbocycles. The van der Waals surface area contributed by atoms with Crippen molar-refractivity contribution in [1.29, 1.82) is 0 Å². The van der Waals surface area contributed by atoms with Crippen LogP contribution >= 0.6 is 11.3 Å². The molecule has 0 atom stereocenters. The normalized spacial score (nSPS) is 14.9. The van der Waals surface area contributed by atoms with Crippen molar-refractivity contribution in [2.45, 2.75) is 6.92 Å². The zero-order valence-electron chi connectivity index (χ0n) is 14.4. The van der Waals surface area contributed by atoms with Crippen LogP contribution in [0.5, 0.6) is 0 Å². The summed E-state index contributed by atoms with van der Waals surface area (Å²) in [6.07, 6.45) is 1.67. The molecule has 2 aromatic heterocycles. The molecule has 1 fully saturated rings. The lowest BCUT2D eigenvalue weighted by molar-refractivity contribution is -0.129. The Kier molecular flexibility index (Phi) is 4.11. The van der Waals surface area contributed by atoms with Crippen molar-refractivity contribution >= 4 is 44.6 Å². The molecule has 1 saturated heterocycles. The maximum absolute atomic E-state index is 14.8. The summed E-state index contributed by atoms with van der Waals surface area (Å²) in [4.78, 5) is 39.5. The van der Waals surface area contributed by atoms with E-state index >= 15 is 0 Å². The second-order valence-electron chi connectivity index (χ2n) is 6.40. The number of aromatic nitrogens is 1. The maximum Gasteiger partial charge on any atom is 0.342 e. The first-order valence-electron chi connectivity index (χ1n) is 8.37. The molecule has 0 bridgehead atoms.